The van der Waals surface area contributed by atoms with E-state index in [1.807, 2.05) is 0 Å². The van der Waals surface area contributed by atoms with Crippen LogP contribution in [-0.4, -0.2) is 35.0 Å². The van der Waals surface area contributed by atoms with E-state index in [4.69, 9.17) is 4.42 Å². The molecule has 1 aliphatic rings. The molecule has 1 aromatic carbocycles. The van der Waals surface area contributed by atoms with Crippen molar-refractivity contribution in [3.8, 4) is 11.5 Å². The van der Waals surface area contributed by atoms with E-state index in [2.05, 4.69) is 5.32 Å². The monoisotopic (exact) mass is 291 g/mol. The summed E-state index contributed by atoms with van der Waals surface area (Å²) in [6, 6.07) is 2.40. The first-order chi connectivity index (χ1) is 10.1. The summed E-state index contributed by atoms with van der Waals surface area (Å²) in [6.07, 6.45) is 1.96. The molecule has 3 rings (SSSR count). The number of aliphatic hydroxyl groups excluding tert-OH is 1. The Balaban J connectivity index is 2.26. The number of hydrogen-bond acceptors (Lipinski definition) is 6. The number of aromatic hydroxyl groups is 2. The van der Waals surface area contributed by atoms with Gasteiger partial charge in [0, 0.05) is 36.8 Å². The molecule has 0 amide bonds. The van der Waals surface area contributed by atoms with Crippen molar-refractivity contribution < 1.29 is 19.7 Å². The van der Waals surface area contributed by atoms with Crippen LogP contribution in [0.3, 0.4) is 0 Å². The van der Waals surface area contributed by atoms with Gasteiger partial charge in [-0.3, -0.25) is 4.79 Å². The molecule has 4 N–H and O–H groups in total. The molecule has 1 fully saturated rings. The van der Waals surface area contributed by atoms with Crippen molar-refractivity contribution in [2.24, 2.45) is 5.92 Å². The zero-order chi connectivity index (χ0) is 15.0. The largest absolute Gasteiger partial charge is 0.507 e. The average Bonchev–Trinajstić information content (AvgIpc) is 2.47. The predicted octanol–water partition coefficient (Wildman–Crippen LogP) is 0.890. The Hall–Kier alpha value is -2.05. The van der Waals surface area contributed by atoms with Gasteiger partial charge in [-0.25, -0.2) is 0 Å². The molecule has 2 heterocycles. The van der Waals surface area contributed by atoms with Crippen molar-refractivity contribution in [1.82, 2.24) is 5.32 Å². The molecule has 1 aliphatic heterocycles. The van der Waals surface area contributed by atoms with E-state index in [9.17, 15) is 20.1 Å². The minimum atomic E-state index is -0.357. The number of benzene rings is 1. The lowest BCUT2D eigenvalue weighted by molar-refractivity contribution is 0.178. The molecule has 1 aromatic heterocycles. The molecule has 112 valence electrons. The van der Waals surface area contributed by atoms with E-state index >= 15 is 0 Å². The Labute approximate surface area is 120 Å². The molecular weight excluding hydrogens is 274 g/mol. The quantitative estimate of drug-likeness (QED) is 0.655. The van der Waals surface area contributed by atoms with Gasteiger partial charge in [-0.05, 0) is 18.9 Å². The number of nitrogens with one attached hydrogen (secondary N) is 1. The molecule has 0 saturated carbocycles. The van der Waals surface area contributed by atoms with Crippen molar-refractivity contribution in [2.75, 3.05) is 19.7 Å². The Morgan fingerprint density at radius 2 is 2.14 bits per heavy atom. The van der Waals surface area contributed by atoms with Crippen LogP contribution in [0.5, 0.6) is 11.5 Å². The average molecular weight is 291 g/mol. The Kier molecular flexibility index (Phi) is 3.57. The second-order valence-corrected chi connectivity index (χ2v) is 5.36. The molecule has 0 aliphatic carbocycles. The fourth-order valence-corrected chi connectivity index (χ4v) is 3.11. The molecule has 2 aromatic rings. The van der Waals surface area contributed by atoms with Gasteiger partial charge in [-0.2, -0.15) is 0 Å². The molecular formula is C15H17NO5. The third-order valence-corrected chi connectivity index (χ3v) is 4.14. The third kappa shape index (κ3) is 2.26. The van der Waals surface area contributed by atoms with Gasteiger partial charge in [0.2, 0.25) is 0 Å². The first kappa shape index (κ1) is 13.9. The van der Waals surface area contributed by atoms with E-state index in [0.29, 0.717) is 18.5 Å². The molecule has 21 heavy (non-hydrogen) atoms. The van der Waals surface area contributed by atoms with Crippen LogP contribution in [0.15, 0.2) is 27.6 Å². The van der Waals surface area contributed by atoms with E-state index in [1.54, 1.807) is 0 Å². The van der Waals surface area contributed by atoms with E-state index < -0.39 is 0 Å². The molecule has 6 nitrogen and oxygen atoms in total. The van der Waals surface area contributed by atoms with Crippen LogP contribution >= 0.6 is 0 Å². The lowest BCUT2D eigenvalue weighted by Crippen LogP contribution is -2.37. The number of aliphatic hydroxyl groups is 1. The van der Waals surface area contributed by atoms with Crippen LogP contribution in [0.4, 0.5) is 0 Å². The topological polar surface area (TPSA) is 103 Å². The second-order valence-electron chi connectivity index (χ2n) is 5.36. The van der Waals surface area contributed by atoms with E-state index in [1.165, 1.54) is 18.4 Å². The summed E-state index contributed by atoms with van der Waals surface area (Å²) in [7, 11) is 0. The highest BCUT2D eigenvalue weighted by molar-refractivity contribution is 5.88. The lowest BCUT2D eigenvalue weighted by atomic mass is 9.80. The van der Waals surface area contributed by atoms with E-state index in [-0.39, 0.29) is 46.3 Å². The minimum Gasteiger partial charge on any atom is -0.507 e. The summed E-state index contributed by atoms with van der Waals surface area (Å²) in [5.74, 6) is -0.623. The SMILES string of the molecule is O=c1ccoc2c([C@@H]3CCNC[C@H]3CO)c(O)cc(O)c12. The van der Waals surface area contributed by atoms with Crippen LogP contribution in [0, 0.1) is 5.92 Å². The molecule has 0 spiro atoms. The number of phenolic OH excluding ortho intramolecular Hbond substituents is 2. The number of fused-ring (bicyclic) bond motifs is 1. The number of hydrogen-bond donors (Lipinski definition) is 4. The third-order valence-electron chi connectivity index (χ3n) is 4.14. The molecule has 2 atom stereocenters. The Bertz CT molecular complexity index is 724. The van der Waals surface area contributed by atoms with Crippen LogP contribution in [0.2, 0.25) is 0 Å². The maximum Gasteiger partial charge on any atom is 0.196 e. The van der Waals surface area contributed by atoms with Gasteiger partial charge in [0.15, 0.2) is 5.43 Å². The standard InChI is InChI=1S/C15H17NO5/c17-7-8-6-16-3-1-9(8)13-11(19)5-12(20)14-10(18)2-4-21-15(13)14/h2,4-5,8-9,16-17,19-20H,1,3,6-7H2/t8-,9+/m0/s1. The predicted molar refractivity (Wildman–Crippen MR) is 76.6 cm³/mol. The van der Waals surface area contributed by atoms with Gasteiger partial charge in [-0.1, -0.05) is 0 Å². The van der Waals surface area contributed by atoms with Crippen LogP contribution in [0.25, 0.3) is 11.0 Å². The highest BCUT2D eigenvalue weighted by atomic mass is 16.3. The van der Waals surface area contributed by atoms with Gasteiger partial charge in [0.05, 0.1) is 6.26 Å². The first-order valence-electron chi connectivity index (χ1n) is 6.91. The summed E-state index contributed by atoms with van der Waals surface area (Å²) >= 11 is 0. The Morgan fingerprint density at radius 3 is 2.90 bits per heavy atom. The minimum absolute atomic E-state index is 0.0312. The van der Waals surface area contributed by atoms with Gasteiger partial charge in [0.1, 0.15) is 22.5 Å². The molecule has 0 unspecified atom stereocenters. The highest BCUT2D eigenvalue weighted by Crippen LogP contribution is 2.42. The fourth-order valence-electron chi connectivity index (χ4n) is 3.11. The van der Waals surface area contributed by atoms with Crippen molar-refractivity contribution in [3.63, 3.8) is 0 Å². The molecule has 0 radical (unpaired) electrons. The van der Waals surface area contributed by atoms with Crippen molar-refractivity contribution in [3.05, 3.63) is 34.2 Å². The fraction of sp³-hybridized carbons (Fsp3) is 0.400. The summed E-state index contributed by atoms with van der Waals surface area (Å²) in [6.45, 7) is 1.34. The smallest absolute Gasteiger partial charge is 0.196 e. The van der Waals surface area contributed by atoms with Crippen LogP contribution in [0.1, 0.15) is 17.9 Å². The van der Waals surface area contributed by atoms with Gasteiger partial charge in [-0.15, -0.1) is 0 Å². The highest BCUT2D eigenvalue weighted by Gasteiger charge is 2.31. The van der Waals surface area contributed by atoms with Gasteiger partial charge < -0.3 is 25.1 Å². The van der Waals surface area contributed by atoms with Gasteiger partial charge >= 0.3 is 0 Å². The van der Waals surface area contributed by atoms with Crippen molar-refractivity contribution in [2.45, 2.75) is 12.3 Å². The summed E-state index contributed by atoms with van der Waals surface area (Å²) in [5.41, 5.74) is 0.330. The summed E-state index contributed by atoms with van der Waals surface area (Å²) in [5, 5.41) is 32.9. The number of rotatable bonds is 2. The maximum atomic E-state index is 11.9. The molecule has 0 bridgehead atoms. The molecule has 1 saturated heterocycles. The second kappa shape index (κ2) is 5.38. The Morgan fingerprint density at radius 1 is 1.33 bits per heavy atom. The normalized spacial score (nSPS) is 22.5. The first-order valence-corrected chi connectivity index (χ1v) is 6.91. The van der Waals surface area contributed by atoms with Gasteiger partial charge in [0.25, 0.3) is 0 Å². The number of piperidine rings is 1. The van der Waals surface area contributed by atoms with Crippen LogP contribution in [-0.2, 0) is 0 Å². The zero-order valence-corrected chi connectivity index (χ0v) is 11.4. The van der Waals surface area contributed by atoms with Crippen molar-refractivity contribution in [1.29, 1.82) is 0 Å². The molecule has 6 heteroatoms. The summed E-state index contributed by atoms with van der Waals surface area (Å²) in [4.78, 5) is 11.9. The summed E-state index contributed by atoms with van der Waals surface area (Å²) < 4.78 is 5.41. The maximum absolute atomic E-state index is 11.9. The van der Waals surface area contributed by atoms with E-state index in [0.717, 1.165) is 6.54 Å². The number of phenols is 2. The van der Waals surface area contributed by atoms with Crippen molar-refractivity contribution >= 4 is 11.0 Å². The van der Waals surface area contributed by atoms with Crippen LogP contribution < -0.4 is 10.7 Å². The zero-order valence-electron chi connectivity index (χ0n) is 11.4. The lowest BCUT2D eigenvalue weighted by Gasteiger charge is -2.31.